The molecular formula is C16H18N6O2. The molecule has 0 radical (unpaired) electrons. The predicted molar refractivity (Wildman–Crippen MR) is 87.1 cm³/mol. The highest BCUT2D eigenvalue weighted by Crippen LogP contribution is 2.35. The Morgan fingerprint density at radius 3 is 2.54 bits per heavy atom. The van der Waals surface area contributed by atoms with Crippen LogP contribution in [0.15, 0.2) is 30.7 Å². The molecule has 2 atom stereocenters. The lowest BCUT2D eigenvalue weighted by molar-refractivity contribution is 0.0705. The Morgan fingerprint density at radius 2 is 1.92 bits per heavy atom. The lowest BCUT2D eigenvalue weighted by Gasteiger charge is -2.35. The molecule has 2 saturated heterocycles. The second-order valence-corrected chi connectivity index (χ2v) is 6.25. The van der Waals surface area contributed by atoms with Crippen LogP contribution in [0.2, 0.25) is 0 Å². The quantitative estimate of drug-likeness (QED) is 0.635. The number of aryl methyl sites for hydroxylation is 1. The third-order valence-corrected chi connectivity index (χ3v) is 4.69. The number of pyridine rings is 1. The molecule has 4 heterocycles. The highest BCUT2D eigenvalue weighted by molar-refractivity contribution is 5.92. The average Bonchev–Trinajstić information content (AvgIpc) is 3.22. The molecule has 8 nitrogen and oxygen atoms in total. The molecule has 0 saturated carbocycles. The molecule has 0 unspecified atom stereocenters. The SMILES string of the molecule is Cc1ccnc(N2C[C@H]3C[C@@H]2CN3c2ncc(C(=O)NO)cn2)c1. The van der Waals surface area contributed by atoms with E-state index >= 15 is 0 Å². The zero-order valence-corrected chi connectivity index (χ0v) is 13.3. The van der Waals surface area contributed by atoms with Gasteiger partial charge in [-0.3, -0.25) is 10.0 Å². The Morgan fingerprint density at radius 1 is 1.21 bits per heavy atom. The maximum Gasteiger partial charge on any atom is 0.277 e. The molecule has 2 aromatic rings. The number of nitrogens with one attached hydrogen (secondary N) is 1. The van der Waals surface area contributed by atoms with Gasteiger partial charge in [0, 0.05) is 31.7 Å². The monoisotopic (exact) mass is 326 g/mol. The van der Waals surface area contributed by atoms with Gasteiger partial charge in [0.2, 0.25) is 5.95 Å². The fourth-order valence-corrected chi connectivity index (χ4v) is 3.52. The minimum Gasteiger partial charge on any atom is -0.350 e. The zero-order valence-electron chi connectivity index (χ0n) is 13.3. The molecule has 2 aromatic heterocycles. The molecule has 0 aromatic carbocycles. The average molecular weight is 326 g/mol. The molecule has 2 fully saturated rings. The summed E-state index contributed by atoms with van der Waals surface area (Å²) in [5, 5.41) is 8.63. The number of hydrogen-bond donors (Lipinski definition) is 2. The van der Waals surface area contributed by atoms with Crippen molar-refractivity contribution in [3.05, 3.63) is 41.9 Å². The molecule has 124 valence electrons. The number of aromatic nitrogens is 3. The van der Waals surface area contributed by atoms with Crippen molar-refractivity contribution < 1.29 is 10.0 Å². The number of amides is 1. The van der Waals surface area contributed by atoms with Gasteiger partial charge in [0.05, 0.1) is 17.6 Å². The highest BCUT2D eigenvalue weighted by atomic mass is 16.5. The summed E-state index contributed by atoms with van der Waals surface area (Å²) in [4.78, 5) is 28.9. The van der Waals surface area contributed by atoms with Crippen LogP contribution in [0.1, 0.15) is 22.3 Å². The van der Waals surface area contributed by atoms with Crippen molar-refractivity contribution in [1.29, 1.82) is 0 Å². The maximum absolute atomic E-state index is 11.3. The number of anilines is 2. The number of carbonyl (C=O) groups excluding carboxylic acids is 1. The molecule has 0 spiro atoms. The molecule has 2 aliphatic rings. The summed E-state index contributed by atoms with van der Waals surface area (Å²) in [5.41, 5.74) is 3.02. The topological polar surface area (TPSA) is 94.5 Å². The van der Waals surface area contributed by atoms with Gasteiger partial charge in [-0.05, 0) is 31.0 Å². The summed E-state index contributed by atoms with van der Waals surface area (Å²) in [6, 6.07) is 4.86. The number of hydroxylamine groups is 1. The first kappa shape index (κ1) is 14.8. The Bertz CT molecular complexity index is 765. The maximum atomic E-state index is 11.3. The van der Waals surface area contributed by atoms with Crippen LogP contribution in [0.25, 0.3) is 0 Å². The Hall–Kier alpha value is -2.74. The standard InChI is InChI=1S/C16H18N6O2/c1-10-2-3-17-14(4-10)21-8-13-5-12(21)9-22(13)16-18-6-11(7-19-16)15(23)20-24/h2-4,6-7,12-13,24H,5,8-9H2,1H3,(H,20,23)/t12-,13-/m1/s1. The van der Waals surface area contributed by atoms with Crippen LogP contribution in [-0.2, 0) is 0 Å². The van der Waals surface area contributed by atoms with Crippen LogP contribution in [0.5, 0.6) is 0 Å². The van der Waals surface area contributed by atoms with E-state index in [1.54, 1.807) is 5.48 Å². The van der Waals surface area contributed by atoms with E-state index < -0.39 is 5.91 Å². The molecular weight excluding hydrogens is 308 g/mol. The van der Waals surface area contributed by atoms with E-state index in [0.29, 0.717) is 18.0 Å². The van der Waals surface area contributed by atoms with Gasteiger partial charge < -0.3 is 9.80 Å². The minimum absolute atomic E-state index is 0.233. The van der Waals surface area contributed by atoms with Crippen molar-refractivity contribution >= 4 is 17.7 Å². The van der Waals surface area contributed by atoms with Gasteiger partial charge in [0.1, 0.15) is 5.82 Å². The summed E-state index contributed by atoms with van der Waals surface area (Å²) in [6.45, 7) is 3.80. The normalized spacial score (nSPS) is 22.1. The van der Waals surface area contributed by atoms with E-state index in [4.69, 9.17) is 5.21 Å². The van der Waals surface area contributed by atoms with Gasteiger partial charge >= 0.3 is 0 Å². The van der Waals surface area contributed by atoms with Crippen molar-refractivity contribution in [2.24, 2.45) is 0 Å². The van der Waals surface area contributed by atoms with Crippen LogP contribution in [-0.4, -0.2) is 51.2 Å². The molecule has 2 bridgehead atoms. The van der Waals surface area contributed by atoms with Gasteiger partial charge in [-0.1, -0.05) is 0 Å². The first-order valence-electron chi connectivity index (χ1n) is 7.88. The lowest BCUT2D eigenvalue weighted by atomic mass is 10.2. The van der Waals surface area contributed by atoms with E-state index in [-0.39, 0.29) is 5.56 Å². The smallest absolute Gasteiger partial charge is 0.277 e. The lowest BCUT2D eigenvalue weighted by Crippen LogP contribution is -2.47. The molecule has 0 aliphatic carbocycles. The van der Waals surface area contributed by atoms with Crippen LogP contribution in [0.3, 0.4) is 0 Å². The first-order chi connectivity index (χ1) is 11.7. The second-order valence-electron chi connectivity index (χ2n) is 6.25. The number of nitrogens with zero attached hydrogens (tertiary/aromatic N) is 5. The fraction of sp³-hybridized carbons (Fsp3) is 0.375. The van der Waals surface area contributed by atoms with Gasteiger partial charge in [0.15, 0.2) is 0 Å². The van der Waals surface area contributed by atoms with Crippen molar-refractivity contribution in [2.75, 3.05) is 22.9 Å². The van der Waals surface area contributed by atoms with Crippen molar-refractivity contribution in [3.8, 4) is 0 Å². The number of carbonyl (C=O) groups is 1. The van der Waals surface area contributed by atoms with Crippen LogP contribution in [0, 0.1) is 6.92 Å². The van der Waals surface area contributed by atoms with E-state index in [0.717, 1.165) is 25.3 Å². The van der Waals surface area contributed by atoms with Gasteiger partial charge in [-0.2, -0.15) is 0 Å². The minimum atomic E-state index is -0.610. The predicted octanol–water partition coefficient (Wildman–Crippen LogP) is 0.767. The van der Waals surface area contributed by atoms with Gasteiger partial charge in [-0.15, -0.1) is 0 Å². The number of hydrogen-bond acceptors (Lipinski definition) is 7. The van der Waals surface area contributed by atoms with E-state index in [1.165, 1.54) is 18.0 Å². The molecule has 2 N–H and O–H groups in total. The zero-order chi connectivity index (χ0) is 16.7. The van der Waals surface area contributed by atoms with Crippen molar-refractivity contribution in [3.63, 3.8) is 0 Å². The Balaban J connectivity index is 1.49. The fourth-order valence-electron chi connectivity index (χ4n) is 3.52. The largest absolute Gasteiger partial charge is 0.350 e. The van der Waals surface area contributed by atoms with E-state index in [2.05, 4.69) is 37.7 Å². The second kappa shape index (κ2) is 5.72. The molecule has 24 heavy (non-hydrogen) atoms. The molecule has 8 heteroatoms. The Kier molecular flexibility index (Phi) is 3.53. The summed E-state index contributed by atoms with van der Waals surface area (Å²) < 4.78 is 0. The third-order valence-electron chi connectivity index (χ3n) is 4.69. The number of piperazine rings is 1. The summed E-state index contributed by atoms with van der Waals surface area (Å²) >= 11 is 0. The van der Waals surface area contributed by atoms with E-state index in [9.17, 15) is 4.79 Å². The van der Waals surface area contributed by atoms with Crippen molar-refractivity contribution in [2.45, 2.75) is 25.4 Å². The van der Waals surface area contributed by atoms with Gasteiger partial charge in [0.25, 0.3) is 5.91 Å². The molecule has 2 aliphatic heterocycles. The van der Waals surface area contributed by atoms with Gasteiger partial charge in [-0.25, -0.2) is 20.4 Å². The number of fused-ring (bicyclic) bond motifs is 2. The van der Waals surface area contributed by atoms with Crippen LogP contribution < -0.4 is 15.3 Å². The summed E-state index contributed by atoms with van der Waals surface area (Å²) in [5.74, 6) is 1.04. The van der Waals surface area contributed by atoms with Crippen LogP contribution >= 0.6 is 0 Å². The van der Waals surface area contributed by atoms with Crippen molar-refractivity contribution in [1.82, 2.24) is 20.4 Å². The van der Waals surface area contributed by atoms with E-state index in [1.807, 2.05) is 12.3 Å². The van der Waals surface area contributed by atoms with Crippen LogP contribution in [0.4, 0.5) is 11.8 Å². The number of rotatable bonds is 3. The summed E-state index contributed by atoms with van der Waals surface area (Å²) in [6.07, 6.45) is 5.76. The highest BCUT2D eigenvalue weighted by Gasteiger charge is 2.44. The molecule has 4 rings (SSSR count). The summed E-state index contributed by atoms with van der Waals surface area (Å²) in [7, 11) is 0. The third kappa shape index (κ3) is 2.44. The first-order valence-corrected chi connectivity index (χ1v) is 7.88. The molecule has 1 amide bonds. The Labute approximate surface area is 139 Å².